The van der Waals surface area contributed by atoms with Crippen LogP contribution in [0.4, 0.5) is 5.69 Å². The quantitative estimate of drug-likeness (QED) is 0.890. The summed E-state index contributed by atoms with van der Waals surface area (Å²) in [4.78, 5) is 12.1. The van der Waals surface area contributed by atoms with Crippen LogP contribution in [0.1, 0.15) is 12.5 Å². The second-order valence-corrected chi connectivity index (χ2v) is 7.21. The van der Waals surface area contributed by atoms with Gasteiger partial charge in [-0.2, -0.15) is 0 Å². The van der Waals surface area contributed by atoms with Gasteiger partial charge in [0.15, 0.2) is 0 Å². The fraction of sp³-hybridized carbons (Fsp3) is 0.214. The molecule has 0 aliphatic heterocycles. The van der Waals surface area contributed by atoms with E-state index in [1.54, 1.807) is 19.1 Å². The molecule has 3 N–H and O–H groups in total. The Morgan fingerprint density at radius 3 is 2.85 bits per heavy atom. The Balaban J connectivity index is 2.05. The first-order valence-corrected chi connectivity index (χ1v) is 8.25. The van der Waals surface area contributed by atoms with Crippen molar-refractivity contribution in [2.24, 2.45) is 5.73 Å². The van der Waals surface area contributed by atoms with Gasteiger partial charge >= 0.3 is 0 Å². The molecule has 2 atom stereocenters. The second-order valence-electron chi connectivity index (χ2n) is 4.27. The number of nitrogens with one attached hydrogen (secondary N) is 1. The summed E-state index contributed by atoms with van der Waals surface area (Å²) in [6, 6.07) is 10.9. The molecule has 2 unspecified atom stereocenters. The lowest BCUT2D eigenvalue weighted by Crippen LogP contribution is -2.28. The molecule has 2 aromatic rings. The molecular formula is C14H16N2O2S2. The van der Waals surface area contributed by atoms with E-state index in [0.717, 1.165) is 5.56 Å². The summed E-state index contributed by atoms with van der Waals surface area (Å²) in [5.41, 5.74) is 7.18. The highest BCUT2D eigenvalue weighted by molar-refractivity contribution is 7.88. The second kappa shape index (κ2) is 6.78. The van der Waals surface area contributed by atoms with Crippen molar-refractivity contribution in [3.63, 3.8) is 0 Å². The topological polar surface area (TPSA) is 72.2 Å². The van der Waals surface area contributed by atoms with Gasteiger partial charge in [-0.15, -0.1) is 11.3 Å². The van der Waals surface area contributed by atoms with Crippen molar-refractivity contribution < 1.29 is 9.00 Å². The van der Waals surface area contributed by atoms with Gasteiger partial charge in [-0.05, 0) is 36.1 Å². The summed E-state index contributed by atoms with van der Waals surface area (Å²) in [6.07, 6.45) is 0. The van der Waals surface area contributed by atoms with Gasteiger partial charge < -0.3 is 11.1 Å². The Bertz CT molecular complexity index is 611. The van der Waals surface area contributed by atoms with Crippen LogP contribution in [0.15, 0.2) is 46.0 Å². The number of hydrogen-bond acceptors (Lipinski definition) is 4. The van der Waals surface area contributed by atoms with Crippen molar-refractivity contribution in [2.45, 2.75) is 22.9 Å². The number of anilines is 1. The molecule has 6 heteroatoms. The van der Waals surface area contributed by atoms with Crippen LogP contribution in [0.3, 0.4) is 0 Å². The molecule has 0 saturated carbocycles. The van der Waals surface area contributed by atoms with E-state index in [-0.39, 0.29) is 5.91 Å². The van der Waals surface area contributed by atoms with E-state index in [4.69, 9.17) is 5.73 Å². The SMILES string of the molecule is CC(C(=O)Nc1cccc(CN)c1)S(=O)c1cccs1. The van der Waals surface area contributed by atoms with E-state index >= 15 is 0 Å². The molecule has 0 aliphatic rings. The zero-order valence-electron chi connectivity index (χ0n) is 11.0. The lowest BCUT2D eigenvalue weighted by Gasteiger charge is -2.11. The lowest BCUT2D eigenvalue weighted by molar-refractivity contribution is -0.115. The molecule has 4 nitrogen and oxygen atoms in total. The Kier molecular flexibility index (Phi) is 5.05. The highest BCUT2D eigenvalue weighted by atomic mass is 32.2. The van der Waals surface area contributed by atoms with Crippen molar-refractivity contribution in [2.75, 3.05) is 5.32 Å². The minimum atomic E-state index is -1.33. The third kappa shape index (κ3) is 3.53. The van der Waals surface area contributed by atoms with E-state index in [1.807, 2.05) is 29.6 Å². The molecule has 0 fully saturated rings. The van der Waals surface area contributed by atoms with Crippen molar-refractivity contribution in [1.29, 1.82) is 0 Å². The average Bonchev–Trinajstić information content (AvgIpc) is 3.00. The summed E-state index contributed by atoms with van der Waals surface area (Å²) < 4.78 is 12.9. The van der Waals surface area contributed by atoms with Crippen LogP contribution < -0.4 is 11.1 Å². The minimum absolute atomic E-state index is 0.258. The summed E-state index contributed by atoms with van der Waals surface area (Å²) in [5, 5.41) is 4.02. The number of nitrogens with two attached hydrogens (primary N) is 1. The van der Waals surface area contributed by atoms with Gasteiger partial charge in [0.2, 0.25) is 5.91 Å². The Labute approximate surface area is 124 Å². The lowest BCUT2D eigenvalue weighted by atomic mass is 10.2. The highest BCUT2D eigenvalue weighted by Crippen LogP contribution is 2.18. The Hall–Kier alpha value is -1.50. The number of thiophene rings is 1. The van der Waals surface area contributed by atoms with Gasteiger partial charge in [-0.1, -0.05) is 18.2 Å². The third-order valence-corrected chi connectivity index (χ3v) is 5.65. The van der Waals surface area contributed by atoms with Gasteiger partial charge in [0.25, 0.3) is 0 Å². The van der Waals surface area contributed by atoms with Crippen LogP contribution in [0, 0.1) is 0 Å². The Morgan fingerprint density at radius 2 is 2.20 bits per heavy atom. The van der Waals surface area contributed by atoms with E-state index in [1.165, 1.54) is 11.3 Å². The van der Waals surface area contributed by atoms with Gasteiger partial charge in [-0.3, -0.25) is 9.00 Å². The van der Waals surface area contributed by atoms with Crippen LogP contribution >= 0.6 is 11.3 Å². The largest absolute Gasteiger partial charge is 0.326 e. The molecule has 1 amide bonds. The van der Waals surface area contributed by atoms with Gasteiger partial charge in [0.1, 0.15) is 5.25 Å². The number of carbonyl (C=O) groups is 1. The summed E-state index contributed by atoms with van der Waals surface area (Å²) in [7, 11) is -1.33. The van der Waals surface area contributed by atoms with Crippen LogP contribution in [-0.2, 0) is 22.1 Å². The van der Waals surface area contributed by atoms with Crippen LogP contribution in [-0.4, -0.2) is 15.4 Å². The normalized spacial score (nSPS) is 13.7. The molecular weight excluding hydrogens is 292 g/mol. The number of rotatable bonds is 5. The van der Waals surface area contributed by atoms with Crippen molar-refractivity contribution >= 4 is 33.7 Å². The predicted molar refractivity (Wildman–Crippen MR) is 83.2 cm³/mol. The number of amides is 1. The predicted octanol–water partition coefficient (Wildman–Crippen LogP) is 2.34. The van der Waals surface area contributed by atoms with E-state index in [2.05, 4.69) is 5.32 Å². The van der Waals surface area contributed by atoms with Crippen molar-refractivity contribution in [3.05, 3.63) is 47.3 Å². The molecule has 0 bridgehead atoms. The summed E-state index contributed by atoms with van der Waals surface area (Å²) in [6.45, 7) is 2.08. The zero-order valence-corrected chi connectivity index (χ0v) is 12.7. The maximum absolute atomic E-state index is 12.2. The van der Waals surface area contributed by atoms with Crippen LogP contribution in [0.5, 0.6) is 0 Å². The van der Waals surface area contributed by atoms with Crippen LogP contribution in [0.25, 0.3) is 0 Å². The Morgan fingerprint density at radius 1 is 1.40 bits per heavy atom. The van der Waals surface area contributed by atoms with Gasteiger partial charge in [0, 0.05) is 12.2 Å². The van der Waals surface area contributed by atoms with E-state index < -0.39 is 16.0 Å². The number of hydrogen-bond donors (Lipinski definition) is 2. The summed E-state index contributed by atoms with van der Waals surface area (Å²) in [5.74, 6) is -0.258. The van der Waals surface area contributed by atoms with E-state index in [9.17, 15) is 9.00 Å². The first kappa shape index (κ1) is 14.9. The average molecular weight is 308 g/mol. The fourth-order valence-electron chi connectivity index (χ4n) is 1.67. The van der Waals surface area contributed by atoms with Crippen molar-refractivity contribution in [3.8, 4) is 0 Å². The first-order valence-electron chi connectivity index (χ1n) is 6.15. The molecule has 0 radical (unpaired) electrons. The molecule has 0 spiro atoms. The van der Waals surface area contributed by atoms with Gasteiger partial charge in [0.05, 0.1) is 15.0 Å². The minimum Gasteiger partial charge on any atom is -0.326 e. The molecule has 1 heterocycles. The summed E-state index contributed by atoms with van der Waals surface area (Å²) >= 11 is 1.39. The molecule has 20 heavy (non-hydrogen) atoms. The maximum Gasteiger partial charge on any atom is 0.240 e. The maximum atomic E-state index is 12.2. The monoisotopic (exact) mass is 308 g/mol. The van der Waals surface area contributed by atoms with Crippen LogP contribution in [0.2, 0.25) is 0 Å². The van der Waals surface area contributed by atoms with E-state index in [0.29, 0.717) is 16.4 Å². The number of benzene rings is 1. The van der Waals surface area contributed by atoms with Crippen molar-refractivity contribution in [1.82, 2.24) is 0 Å². The number of carbonyl (C=O) groups excluding carboxylic acids is 1. The standard InChI is InChI=1S/C14H16N2O2S2/c1-10(20(18)13-6-3-7-19-13)14(17)16-12-5-2-4-11(8-12)9-15/h2-8,10H,9,15H2,1H3,(H,16,17). The highest BCUT2D eigenvalue weighted by Gasteiger charge is 2.22. The molecule has 1 aromatic carbocycles. The molecule has 0 saturated heterocycles. The fourth-order valence-corrected chi connectivity index (χ4v) is 3.91. The zero-order chi connectivity index (χ0) is 14.5. The van der Waals surface area contributed by atoms with Gasteiger partial charge in [-0.25, -0.2) is 0 Å². The molecule has 106 valence electrons. The molecule has 1 aromatic heterocycles. The molecule has 2 rings (SSSR count). The smallest absolute Gasteiger partial charge is 0.240 e. The molecule has 0 aliphatic carbocycles. The third-order valence-electron chi connectivity index (χ3n) is 2.81. The first-order chi connectivity index (χ1) is 9.61.